The third kappa shape index (κ3) is 3.36. The smallest absolute Gasteiger partial charge is 0.137 e. The van der Waals surface area contributed by atoms with Gasteiger partial charge in [0.25, 0.3) is 0 Å². The van der Waals surface area contributed by atoms with E-state index in [1.165, 1.54) is 12.0 Å². The molecule has 19 heavy (non-hydrogen) atoms. The Morgan fingerprint density at radius 2 is 2.26 bits per heavy atom. The van der Waals surface area contributed by atoms with E-state index >= 15 is 0 Å². The van der Waals surface area contributed by atoms with Crippen molar-refractivity contribution in [1.29, 1.82) is 0 Å². The molecule has 1 aliphatic rings. The maximum absolute atomic E-state index is 13.4. The summed E-state index contributed by atoms with van der Waals surface area (Å²) < 4.78 is 13.9. The number of hydrogen-bond donors (Lipinski definition) is 1. The van der Waals surface area contributed by atoms with Crippen LogP contribution in [0.25, 0.3) is 0 Å². The minimum Gasteiger partial charge on any atom is -0.330 e. The molecule has 0 saturated carbocycles. The van der Waals surface area contributed by atoms with Crippen LogP contribution in [0.2, 0.25) is 0 Å². The average Bonchev–Trinajstić information content (AvgIpc) is 2.42. The lowest BCUT2D eigenvalue weighted by Gasteiger charge is -2.41. The fourth-order valence-corrected chi connectivity index (χ4v) is 3.51. The van der Waals surface area contributed by atoms with Gasteiger partial charge in [0, 0.05) is 6.04 Å². The molecule has 0 aromatic heterocycles. The lowest BCUT2D eigenvalue weighted by Crippen LogP contribution is -2.41. The van der Waals surface area contributed by atoms with Crippen LogP contribution >= 0.6 is 15.9 Å². The molecule has 0 radical (unpaired) electrons. The highest BCUT2D eigenvalue weighted by Gasteiger charge is 2.31. The van der Waals surface area contributed by atoms with E-state index in [0.29, 0.717) is 23.0 Å². The molecule has 1 aromatic rings. The Morgan fingerprint density at radius 1 is 1.47 bits per heavy atom. The highest BCUT2D eigenvalue weighted by molar-refractivity contribution is 9.10. The summed E-state index contributed by atoms with van der Waals surface area (Å²) in [5, 5.41) is 0. The Morgan fingerprint density at radius 3 is 2.89 bits per heavy atom. The average molecular weight is 329 g/mol. The van der Waals surface area contributed by atoms with E-state index in [-0.39, 0.29) is 5.82 Å². The molecule has 1 heterocycles. The van der Waals surface area contributed by atoms with Gasteiger partial charge in [-0.2, -0.15) is 0 Å². The molecule has 1 aliphatic heterocycles. The van der Waals surface area contributed by atoms with Crippen LogP contribution in [0.1, 0.15) is 37.8 Å². The molecular weight excluding hydrogens is 307 g/mol. The molecule has 1 saturated heterocycles. The van der Waals surface area contributed by atoms with Gasteiger partial charge in [-0.25, -0.2) is 4.39 Å². The first-order valence-corrected chi connectivity index (χ1v) is 7.85. The van der Waals surface area contributed by atoms with Crippen molar-refractivity contribution >= 4 is 15.9 Å². The molecule has 1 aromatic carbocycles. The summed E-state index contributed by atoms with van der Waals surface area (Å²) in [6, 6.07) is 5.69. The lowest BCUT2D eigenvalue weighted by molar-refractivity contribution is 0.0959. The monoisotopic (exact) mass is 328 g/mol. The fraction of sp³-hybridized carbons (Fsp3) is 0.600. The number of halogens is 2. The van der Waals surface area contributed by atoms with Crippen LogP contribution in [0.5, 0.6) is 0 Å². The highest BCUT2D eigenvalue weighted by atomic mass is 79.9. The van der Waals surface area contributed by atoms with Crippen LogP contribution in [0.3, 0.4) is 0 Å². The zero-order chi connectivity index (χ0) is 13.8. The van der Waals surface area contributed by atoms with Crippen molar-refractivity contribution in [2.45, 2.75) is 32.2 Å². The van der Waals surface area contributed by atoms with Gasteiger partial charge in [-0.3, -0.25) is 4.90 Å². The SMILES string of the molecule is CCCN1CCCC(CN)C1c1ccc(F)c(Br)c1. The highest BCUT2D eigenvalue weighted by Crippen LogP contribution is 2.36. The van der Waals surface area contributed by atoms with E-state index < -0.39 is 0 Å². The van der Waals surface area contributed by atoms with Crippen molar-refractivity contribution in [1.82, 2.24) is 4.90 Å². The Labute approximate surface area is 123 Å². The summed E-state index contributed by atoms with van der Waals surface area (Å²) in [6.07, 6.45) is 3.51. The normalized spacial score (nSPS) is 24.6. The molecule has 2 atom stereocenters. The number of nitrogens with two attached hydrogens (primary N) is 1. The second-order valence-corrected chi connectivity index (χ2v) is 6.15. The largest absolute Gasteiger partial charge is 0.330 e. The van der Waals surface area contributed by atoms with Gasteiger partial charge in [0.2, 0.25) is 0 Å². The Hall–Kier alpha value is -0.450. The quantitative estimate of drug-likeness (QED) is 0.912. The number of likely N-dealkylation sites (tertiary alicyclic amines) is 1. The van der Waals surface area contributed by atoms with Gasteiger partial charge >= 0.3 is 0 Å². The first kappa shape index (κ1) is 14.9. The molecule has 1 fully saturated rings. The van der Waals surface area contributed by atoms with Crippen LogP contribution in [0.15, 0.2) is 22.7 Å². The van der Waals surface area contributed by atoms with Gasteiger partial charge in [-0.15, -0.1) is 0 Å². The van der Waals surface area contributed by atoms with Crippen LogP contribution in [-0.4, -0.2) is 24.5 Å². The van der Waals surface area contributed by atoms with E-state index in [0.717, 1.165) is 25.9 Å². The zero-order valence-corrected chi connectivity index (χ0v) is 13.0. The molecule has 2 unspecified atom stereocenters. The zero-order valence-electron chi connectivity index (χ0n) is 11.4. The topological polar surface area (TPSA) is 29.3 Å². The molecule has 4 heteroatoms. The summed E-state index contributed by atoms with van der Waals surface area (Å²) in [5.74, 6) is 0.267. The van der Waals surface area contributed by atoms with E-state index in [4.69, 9.17) is 5.73 Å². The fourth-order valence-electron chi connectivity index (χ4n) is 3.12. The predicted molar refractivity (Wildman–Crippen MR) is 80.5 cm³/mol. The molecule has 106 valence electrons. The molecule has 0 aliphatic carbocycles. The summed E-state index contributed by atoms with van der Waals surface area (Å²) in [4.78, 5) is 2.50. The van der Waals surface area contributed by atoms with Gasteiger partial charge in [-0.1, -0.05) is 13.0 Å². The second-order valence-electron chi connectivity index (χ2n) is 5.29. The maximum Gasteiger partial charge on any atom is 0.137 e. The van der Waals surface area contributed by atoms with E-state index in [1.54, 1.807) is 6.07 Å². The van der Waals surface area contributed by atoms with Crippen LogP contribution in [0.4, 0.5) is 4.39 Å². The van der Waals surface area contributed by atoms with Crippen molar-refractivity contribution in [2.24, 2.45) is 11.7 Å². The van der Waals surface area contributed by atoms with Crippen LogP contribution < -0.4 is 5.73 Å². The molecule has 2 nitrogen and oxygen atoms in total. The van der Waals surface area contributed by atoms with E-state index in [2.05, 4.69) is 27.8 Å². The molecule has 0 amide bonds. The first-order chi connectivity index (χ1) is 9.17. The lowest BCUT2D eigenvalue weighted by atomic mass is 9.84. The van der Waals surface area contributed by atoms with Crippen molar-refractivity contribution in [3.63, 3.8) is 0 Å². The number of rotatable bonds is 4. The number of benzene rings is 1. The molecular formula is C15H22BrFN2. The van der Waals surface area contributed by atoms with E-state index in [1.807, 2.05) is 12.1 Å². The standard InChI is InChI=1S/C15H22BrFN2/c1-2-7-19-8-3-4-12(10-18)15(19)11-5-6-14(17)13(16)9-11/h5-6,9,12,15H,2-4,7-8,10,18H2,1H3. The molecule has 2 N–H and O–H groups in total. The van der Waals surface area contributed by atoms with Crippen LogP contribution in [-0.2, 0) is 0 Å². The van der Waals surface area contributed by atoms with Crippen molar-refractivity contribution < 1.29 is 4.39 Å². The maximum atomic E-state index is 13.4. The first-order valence-electron chi connectivity index (χ1n) is 7.06. The number of nitrogens with zero attached hydrogens (tertiary/aromatic N) is 1. The summed E-state index contributed by atoms with van der Waals surface area (Å²) in [6.45, 7) is 5.09. The van der Waals surface area contributed by atoms with Crippen molar-refractivity contribution in [2.75, 3.05) is 19.6 Å². The second kappa shape index (κ2) is 6.82. The van der Waals surface area contributed by atoms with Crippen molar-refractivity contribution in [3.8, 4) is 0 Å². The van der Waals surface area contributed by atoms with Gasteiger partial charge in [0.1, 0.15) is 5.82 Å². The van der Waals surface area contributed by atoms with Crippen LogP contribution in [0, 0.1) is 11.7 Å². The van der Waals surface area contributed by atoms with Gasteiger partial charge in [-0.05, 0) is 78.4 Å². The third-order valence-corrected chi connectivity index (χ3v) is 4.57. The Kier molecular flexibility index (Phi) is 5.37. The third-order valence-electron chi connectivity index (χ3n) is 3.96. The number of piperidine rings is 1. The summed E-state index contributed by atoms with van der Waals surface area (Å²) >= 11 is 3.29. The Balaban J connectivity index is 2.30. The number of hydrogen-bond acceptors (Lipinski definition) is 2. The van der Waals surface area contributed by atoms with Gasteiger partial charge in [0.05, 0.1) is 4.47 Å². The minimum absolute atomic E-state index is 0.203. The van der Waals surface area contributed by atoms with Crippen molar-refractivity contribution in [3.05, 3.63) is 34.1 Å². The van der Waals surface area contributed by atoms with Gasteiger partial charge < -0.3 is 5.73 Å². The molecule has 0 spiro atoms. The summed E-state index contributed by atoms with van der Waals surface area (Å²) in [5.41, 5.74) is 7.12. The Bertz CT molecular complexity index is 423. The van der Waals surface area contributed by atoms with Gasteiger partial charge in [0.15, 0.2) is 0 Å². The predicted octanol–water partition coefficient (Wildman–Crippen LogP) is 3.71. The van der Waals surface area contributed by atoms with E-state index in [9.17, 15) is 4.39 Å². The molecule has 2 rings (SSSR count). The minimum atomic E-state index is -0.203. The molecule has 0 bridgehead atoms. The summed E-state index contributed by atoms with van der Waals surface area (Å²) in [7, 11) is 0.